The average Bonchev–Trinajstić information content (AvgIpc) is 2.86. The molecule has 2 N–H and O–H groups in total. The molecule has 3 aromatic carbocycles. The van der Waals surface area contributed by atoms with Crippen molar-refractivity contribution < 1.29 is 23.9 Å². The summed E-state index contributed by atoms with van der Waals surface area (Å²) >= 11 is 6.05. The van der Waals surface area contributed by atoms with Gasteiger partial charge < -0.3 is 10.1 Å². The summed E-state index contributed by atoms with van der Waals surface area (Å²) in [7, 11) is 0. The van der Waals surface area contributed by atoms with E-state index in [1.54, 1.807) is 43.3 Å². The summed E-state index contributed by atoms with van der Waals surface area (Å²) in [6.07, 6.45) is 1.38. The van der Waals surface area contributed by atoms with E-state index in [0.717, 1.165) is 21.7 Å². The first kappa shape index (κ1) is 25.7. The number of hydrogen-bond acceptors (Lipinski definition) is 5. The van der Waals surface area contributed by atoms with Crippen LogP contribution in [0.5, 0.6) is 5.75 Å². The summed E-state index contributed by atoms with van der Waals surface area (Å²) in [6.45, 7) is 5.44. The molecule has 1 aliphatic rings. The number of urea groups is 1. The van der Waals surface area contributed by atoms with Crippen LogP contribution in [0.25, 0.3) is 6.08 Å². The van der Waals surface area contributed by atoms with Crippen LogP contribution in [0.2, 0.25) is 5.02 Å². The highest BCUT2D eigenvalue weighted by Gasteiger charge is 2.37. The third-order valence-corrected chi connectivity index (χ3v) is 6.19. The lowest BCUT2D eigenvalue weighted by molar-refractivity contribution is -0.122. The van der Waals surface area contributed by atoms with Crippen molar-refractivity contribution in [2.75, 3.05) is 16.8 Å². The topological polar surface area (TPSA) is 105 Å². The molecule has 1 fully saturated rings. The summed E-state index contributed by atoms with van der Waals surface area (Å²) in [4.78, 5) is 51.2. The molecule has 8 nitrogen and oxygen atoms in total. The van der Waals surface area contributed by atoms with Crippen LogP contribution >= 0.6 is 11.6 Å². The number of anilines is 2. The predicted octanol–water partition coefficient (Wildman–Crippen LogP) is 4.95. The number of rotatable bonds is 6. The molecule has 4 rings (SSSR count). The minimum absolute atomic E-state index is 0.190. The van der Waals surface area contributed by atoms with E-state index in [9.17, 15) is 19.2 Å². The van der Waals surface area contributed by atoms with Gasteiger partial charge in [0.05, 0.1) is 5.69 Å². The van der Waals surface area contributed by atoms with Crippen LogP contribution in [0, 0.1) is 20.8 Å². The maximum atomic E-state index is 13.1. The van der Waals surface area contributed by atoms with Gasteiger partial charge in [-0.25, -0.2) is 9.69 Å². The zero-order valence-corrected chi connectivity index (χ0v) is 21.2. The van der Waals surface area contributed by atoms with Crippen LogP contribution in [0.15, 0.2) is 66.2 Å². The molecule has 1 saturated heterocycles. The number of aryl methyl sites for hydroxylation is 2. The normalized spacial score (nSPS) is 14.5. The largest absolute Gasteiger partial charge is 0.484 e. The number of halogens is 1. The summed E-state index contributed by atoms with van der Waals surface area (Å²) in [5, 5.41) is 5.37. The second-order valence-electron chi connectivity index (χ2n) is 8.54. The quantitative estimate of drug-likeness (QED) is 0.355. The van der Waals surface area contributed by atoms with Crippen LogP contribution in [0.3, 0.4) is 0 Å². The molecule has 1 heterocycles. The van der Waals surface area contributed by atoms with Crippen molar-refractivity contribution >= 4 is 52.8 Å². The van der Waals surface area contributed by atoms with Gasteiger partial charge in [-0.05, 0) is 79.4 Å². The fourth-order valence-electron chi connectivity index (χ4n) is 3.75. The number of hydrogen-bond donors (Lipinski definition) is 2. The number of benzene rings is 3. The van der Waals surface area contributed by atoms with Crippen molar-refractivity contribution in [3.63, 3.8) is 0 Å². The second-order valence-corrected chi connectivity index (χ2v) is 8.98. The van der Waals surface area contributed by atoms with Gasteiger partial charge in [-0.1, -0.05) is 41.9 Å². The van der Waals surface area contributed by atoms with Crippen LogP contribution in [-0.2, 0) is 14.4 Å². The number of nitrogens with one attached hydrogen (secondary N) is 2. The molecule has 9 heteroatoms. The van der Waals surface area contributed by atoms with Gasteiger partial charge in [0.25, 0.3) is 17.7 Å². The molecule has 0 unspecified atom stereocenters. The van der Waals surface area contributed by atoms with E-state index in [0.29, 0.717) is 21.9 Å². The molecule has 3 aromatic rings. The van der Waals surface area contributed by atoms with Gasteiger partial charge in [0, 0.05) is 10.7 Å². The van der Waals surface area contributed by atoms with E-state index < -0.39 is 17.8 Å². The molecular weight excluding hydrogens is 494 g/mol. The van der Waals surface area contributed by atoms with E-state index in [4.69, 9.17) is 16.3 Å². The van der Waals surface area contributed by atoms with E-state index in [-0.39, 0.29) is 23.8 Å². The summed E-state index contributed by atoms with van der Waals surface area (Å²) < 4.78 is 5.57. The number of amides is 5. The van der Waals surface area contributed by atoms with Crippen LogP contribution in [0.1, 0.15) is 22.3 Å². The number of nitrogens with zero attached hydrogens (tertiary/aromatic N) is 1. The molecule has 1 aliphatic heterocycles. The Bertz CT molecular complexity index is 1450. The average molecular weight is 518 g/mol. The van der Waals surface area contributed by atoms with Gasteiger partial charge in [-0.2, -0.15) is 0 Å². The molecule has 0 aliphatic carbocycles. The van der Waals surface area contributed by atoms with Gasteiger partial charge in [-0.3, -0.25) is 19.7 Å². The third-order valence-electron chi connectivity index (χ3n) is 5.95. The molecule has 0 aromatic heterocycles. The molecule has 5 amide bonds. The molecule has 37 heavy (non-hydrogen) atoms. The maximum Gasteiger partial charge on any atom is 0.335 e. The first-order valence-corrected chi connectivity index (χ1v) is 11.8. The van der Waals surface area contributed by atoms with Gasteiger partial charge in [0.1, 0.15) is 11.3 Å². The molecule has 0 saturated carbocycles. The number of carbonyl (C=O) groups excluding carboxylic acids is 4. The number of imide groups is 2. The van der Waals surface area contributed by atoms with Gasteiger partial charge in [0.2, 0.25) is 0 Å². The SMILES string of the molecule is Cc1ccc(Cl)cc1N1C(=O)NC(=O)/C(=C\c2ccc(OCC(=O)Nc3cccc(C)c3C)cc2)C1=O. The fraction of sp³-hybridized carbons (Fsp3) is 0.143. The molecule has 0 bridgehead atoms. The molecular formula is C28H24ClN3O5. The predicted molar refractivity (Wildman–Crippen MR) is 142 cm³/mol. The fourth-order valence-corrected chi connectivity index (χ4v) is 3.91. The monoisotopic (exact) mass is 517 g/mol. The van der Waals surface area contributed by atoms with Crippen LogP contribution < -0.4 is 20.3 Å². The van der Waals surface area contributed by atoms with Gasteiger partial charge in [-0.15, -0.1) is 0 Å². The van der Waals surface area contributed by atoms with Crippen molar-refractivity contribution in [2.24, 2.45) is 0 Å². The summed E-state index contributed by atoms with van der Waals surface area (Å²) in [5.41, 5.74) is 4.04. The van der Waals surface area contributed by atoms with E-state index in [1.165, 1.54) is 12.1 Å². The lowest BCUT2D eigenvalue weighted by Crippen LogP contribution is -2.54. The molecule has 0 spiro atoms. The standard InChI is InChI=1S/C28H24ClN3O5/c1-16-5-4-6-23(18(16)3)30-25(33)15-37-21-11-8-19(9-12-21)13-22-26(34)31-28(36)32(27(22)35)24-14-20(29)10-7-17(24)2/h4-14H,15H2,1-3H3,(H,30,33)(H,31,34,36)/b22-13+. The number of carbonyl (C=O) groups is 4. The van der Waals surface area contributed by atoms with Crippen molar-refractivity contribution in [1.29, 1.82) is 0 Å². The van der Waals surface area contributed by atoms with Gasteiger partial charge in [0.15, 0.2) is 6.61 Å². The number of ether oxygens (including phenoxy) is 1. The Balaban J connectivity index is 1.46. The molecule has 0 atom stereocenters. The Labute approximate surface area is 218 Å². The van der Waals surface area contributed by atoms with Crippen LogP contribution in [-0.4, -0.2) is 30.4 Å². The first-order chi connectivity index (χ1) is 17.6. The minimum Gasteiger partial charge on any atom is -0.484 e. The highest BCUT2D eigenvalue weighted by Crippen LogP contribution is 2.28. The van der Waals surface area contributed by atoms with Gasteiger partial charge >= 0.3 is 6.03 Å². The Hall–Kier alpha value is -4.43. The lowest BCUT2D eigenvalue weighted by Gasteiger charge is -2.27. The lowest BCUT2D eigenvalue weighted by atomic mass is 10.1. The Morgan fingerprint density at radius 2 is 1.73 bits per heavy atom. The zero-order chi connectivity index (χ0) is 26.7. The van der Waals surface area contributed by atoms with E-state index >= 15 is 0 Å². The van der Waals surface area contributed by atoms with Crippen molar-refractivity contribution in [3.05, 3.63) is 93.5 Å². The number of barbiturate groups is 1. The van der Waals surface area contributed by atoms with Crippen LogP contribution in [0.4, 0.5) is 16.2 Å². The smallest absolute Gasteiger partial charge is 0.335 e. The maximum absolute atomic E-state index is 13.1. The molecule has 188 valence electrons. The second kappa shape index (κ2) is 10.7. The highest BCUT2D eigenvalue weighted by atomic mass is 35.5. The van der Waals surface area contributed by atoms with Crippen molar-refractivity contribution in [3.8, 4) is 5.75 Å². The highest BCUT2D eigenvalue weighted by molar-refractivity contribution is 6.39. The summed E-state index contributed by atoms with van der Waals surface area (Å²) in [6, 6.07) is 16.1. The first-order valence-electron chi connectivity index (χ1n) is 11.4. The van der Waals surface area contributed by atoms with Crippen molar-refractivity contribution in [2.45, 2.75) is 20.8 Å². The third kappa shape index (κ3) is 5.70. The van der Waals surface area contributed by atoms with Crippen molar-refractivity contribution in [1.82, 2.24) is 5.32 Å². The Kier molecular flexibility index (Phi) is 7.40. The summed E-state index contributed by atoms with van der Waals surface area (Å²) in [5.74, 6) is -1.42. The van der Waals surface area contributed by atoms with E-state index in [1.807, 2.05) is 32.0 Å². The zero-order valence-electron chi connectivity index (χ0n) is 20.4. The Morgan fingerprint density at radius 1 is 1.00 bits per heavy atom. The van der Waals surface area contributed by atoms with E-state index in [2.05, 4.69) is 10.6 Å². The molecule has 0 radical (unpaired) electrons. The Morgan fingerprint density at radius 3 is 2.46 bits per heavy atom. The minimum atomic E-state index is -0.847.